The Labute approximate surface area is 110 Å². The normalized spacial score (nSPS) is 10.2. The summed E-state index contributed by atoms with van der Waals surface area (Å²) in [4.78, 5) is 19.8. The number of carbonyl (C=O) groups is 1. The maximum atomic E-state index is 12.1. The maximum absolute atomic E-state index is 12.1. The van der Waals surface area contributed by atoms with Crippen molar-refractivity contribution in [3.05, 3.63) is 52.4 Å². The molecule has 0 aliphatic heterocycles. The summed E-state index contributed by atoms with van der Waals surface area (Å²) in [5.41, 5.74) is 2.66. The van der Waals surface area contributed by atoms with Crippen LogP contribution in [-0.2, 0) is 0 Å². The molecule has 1 N–H and O–H groups in total. The topological polar surface area (TPSA) is 54.9 Å². The van der Waals surface area contributed by atoms with Crippen LogP contribution in [-0.4, -0.2) is 15.9 Å². The van der Waals surface area contributed by atoms with Gasteiger partial charge in [0.05, 0.1) is 0 Å². The van der Waals surface area contributed by atoms with Crippen LogP contribution in [0.4, 0.5) is 5.82 Å². The molecule has 0 fully saturated rings. The summed E-state index contributed by atoms with van der Waals surface area (Å²) in [7, 11) is 0. The minimum atomic E-state index is -0.203. The molecule has 0 aliphatic rings. The van der Waals surface area contributed by atoms with Gasteiger partial charge in [0.25, 0.3) is 5.91 Å². The van der Waals surface area contributed by atoms with Gasteiger partial charge in [-0.2, -0.15) is 0 Å². The lowest BCUT2D eigenvalue weighted by Crippen LogP contribution is -2.14. The van der Waals surface area contributed by atoms with Crippen molar-refractivity contribution in [2.75, 3.05) is 5.32 Å². The molecule has 0 saturated carbocycles. The monoisotopic (exact) mass is 261 g/mol. The van der Waals surface area contributed by atoms with E-state index >= 15 is 0 Å². The van der Waals surface area contributed by atoms with Crippen LogP contribution in [0.25, 0.3) is 0 Å². The number of halogens is 1. The van der Waals surface area contributed by atoms with Crippen molar-refractivity contribution in [1.82, 2.24) is 9.97 Å². The highest BCUT2D eigenvalue weighted by Crippen LogP contribution is 2.15. The number of carbonyl (C=O) groups excluding carboxylic acids is 1. The highest BCUT2D eigenvalue weighted by Gasteiger charge is 2.11. The van der Waals surface area contributed by atoms with Crippen molar-refractivity contribution >= 4 is 23.3 Å². The van der Waals surface area contributed by atoms with Gasteiger partial charge < -0.3 is 5.32 Å². The number of anilines is 1. The number of amides is 1. The lowest BCUT2D eigenvalue weighted by Gasteiger charge is -2.08. The Bertz CT molecular complexity index is 599. The van der Waals surface area contributed by atoms with Crippen molar-refractivity contribution in [3.8, 4) is 0 Å². The number of aromatic nitrogens is 2. The number of aryl methyl sites for hydroxylation is 1. The van der Waals surface area contributed by atoms with Crippen molar-refractivity contribution in [1.29, 1.82) is 0 Å². The molecule has 2 rings (SSSR count). The van der Waals surface area contributed by atoms with Gasteiger partial charge in [0.15, 0.2) is 0 Å². The van der Waals surface area contributed by atoms with Crippen LogP contribution in [0.1, 0.15) is 21.5 Å². The van der Waals surface area contributed by atoms with Crippen molar-refractivity contribution in [3.63, 3.8) is 0 Å². The molecule has 0 spiro atoms. The van der Waals surface area contributed by atoms with Gasteiger partial charge in [0.2, 0.25) is 0 Å². The van der Waals surface area contributed by atoms with E-state index in [1.54, 1.807) is 6.07 Å². The summed E-state index contributed by atoms with van der Waals surface area (Å²) in [6, 6.07) is 7.10. The summed E-state index contributed by atoms with van der Waals surface area (Å²) < 4.78 is 0. The van der Waals surface area contributed by atoms with Gasteiger partial charge in [0.1, 0.15) is 17.3 Å². The fraction of sp³-hybridized carbons (Fsp3) is 0.154. The number of hydrogen-bond acceptors (Lipinski definition) is 3. The largest absolute Gasteiger partial charge is 0.306 e. The van der Waals surface area contributed by atoms with Crippen LogP contribution in [0.3, 0.4) is 0 Å². The molecule has 0 atom stereocenters. The zero-order valence-corrected chi connectivity index (χ0v) is 10.8. The molecular weight excluding hydrogens is 250 g/mol. The molecule has 92 valence electrons. The van der Waals surface area contributed by atoms with Crippen molar-refractivity contribution in [2.24, 2.45) is 0 Å². The lowest BCUT2D eigenvalue weighted by atomic mass is 10.0. The second kappa shape index (κ2) is 5.14. The van der Waals surface area contributed by atoms with Gasteiger partial charge in [-0.25, -0.2) is 9.97 Å². The molecule has 1 heterocycles. The Morgan fingerprint density at radius 1 is 1.28 bits per heavy atom. The standard InChI is InChI=1S/C13H12ClN3O/c1-8-4-3-5-10(9(8)2)13(18)17-12-6-11(14)15-7-16-12/h3-7H,1-2H3,(H,15,16,17,18). The van der Waals surface area contributed by atoms with Crippen LogP contribution < -0.4 is 5.32 Å². The lowest BCUT2D eigenvalue weighted by molar-refractivity contribution is 0.102. The number of hydrogen-bond donors (Lipinski definition) is 1. The van der Waals surface area contributed by atoms with E-state index in [-0.39, 0.29) is 5.91 Å². The molecule has 0 radical (unpaired) electrons. The van der Waals surface area contributed by atoms with E-state index in [1.807, 2.05) is 26.0 Å². The van der Waals surface area contributed by atoms with E-state index in [2.05, 4.69) is 15.3 Å². The number of nitrogens with one attached hydrogen (secondary N) is 1. The summed E-state index contributed by atoms with van der Waals surface area (Å²) in [5, 5.41) is 2.99. The average Bonchev–Trinajstić information content (AvgIpc) is 2.32. The predicted octanol–water partition coefficient (Wildman–Crippen LogP) is 3.00. The molecular formula is C13H12ClN3O. The zero-order chi connectivity index (χ0) is 13.1. The molecule has 1 amide bonds. The molecule has 2 aromatic rings. The van der Waals surface area contributed by atoms with E-state index < -0.39 is 0 Å². The van der Waals surface area contributed by atoms with E-state index in [4.69, 9.17) is 11.6 Å². The third-order valence-corrected chi connectivity index (χ3v) is 2.93. The molecule has 4 nitrogen and oxygen atoms in total. The number of rotatable bonds is 2. The maximum Gasteiger partial charge on any atom is 0.257 e. The molecule has 0 unspecified atom stereocenters. The fourth-order valence-electron chi connectivity index (χ4n) is 1.58. The van der Waals surface area contributed by atoms with Gasteiger partial charge in [0, 0.05) is 11.6 Å². The Hall–Kier alpha value is -1.94. The molecule has 18 heavy (non-hydrogen) atoms. The predicted molar refractivity (Wildman–Crippen MR) is 70.9 cm³/mol. The average molecular weight is 262 g/mol. The summed E-state index contributed by atoms with van der Waals surface area (Å²) >= 11 is 5.73. The first-order valence-electron chi connectivity index (χ1n) is 5.43. The Balaban J connectivity index is 2.25. The highest BCUT2D eigenvalue weighted by molar-refractivity contribution is 6.29. The van der Waals surface area contributed by atoms with Crippen molar-refractivity contribution < 1.29 is 4.79 Å². The zero-order valence-electron chi connectivity index (χ0n) is 10.1. The number of benzene rings is 1. The van der Waals surface area contributed by atoms with Crippen LogP contribution in [0, 0.1) is 13.8 Å². The third-order valence-electron chi connectivity index (χ3n) is 2.72. The fourth-order valence-corrected chi connectivity index (χ4v) is 1.73. The van der Waals surface area contributed by atoms with Crippen LogP contribution in [0.2, 0.25) is 5.15 Å². The molecule has 0 saturated heterocycles. The molecule has 5 heteroatoms. The van der Waals surface area contributed by atoms with Gasteiger partial charge in [-0.1, -0.05) is 23.7 Å². The molecule has 1 aromatic carbocycles. The Morgan fingerprint density at radius 2 is 2.06 bits per heavy atom. The van der Waals surface area contributed by atoms with E-state index in [0.717, 1.165) is 11.1 Å². The van der Waals surface area contributed by atoms with Crippen LogP contribution in [0.5, 0.6) is 0 Å². The number of nitrogens with zero attached hydrogens (tertiary/aromatic N) is 2. The highest BCUT2D eigenvalue weighted by atomic mass is 35.5. The molecule has 1 aromatic heterocycles. The summed E-state index contributed by atoms with van der Waals surface area (Å²) in [6.07, 6.45) is 1.31. The minimum absolute atomic E-state index is 0.203. The SMILES string of the molecule is Cc1cccc(C(=O)Nc2cc(Cl)ncn2)c1C. The third kappa shape index (κ3) is 2.65. The Kier molecular flexibility index (Phi) is 3.58. The van der Waals surface area contributed by atoms with Crippen LogP contribution >= 0.6 is 11.6 Å². The van der Waals surface area contributed by atoms with E-state index in [0.29, 0.717) is 16.5 Å². The summed E-state index contributed by atoms with van der Waals surface area (Å²) in [6.45, 7) is 3.88. The van der Waals surface area contributed by atoms with Crippen molar-refractivity contribution in [2.45, 2.75) is 13.8 Å². The first-order chi connectivity index (χ1) is 8.58. The van der Waals surface area contributed by atoms with Gasteiger partial charge in [-0.15, -0.1) is 0 Å². The van der Waals surface area contributed by atoms with E-state index in [1.165, 1.54) is 12.4 Å². The Morgan fingerprint density at radius 3 is 2.78 bits per heavy atom. The molecule has 0 aliphatic carbocycles. The van der Waals surface area contributed by atoms with Crippen LogP contribution in [0.15, 0.2) is 30.6 Å². The summed E-state index contributed by atoms with van der Waals surface area (Å²) in [5.74, 6) is 0.187. The van der Waals surface area contributed by atoms with Gasteiger partial charge in [-0.3, -0.25) is 4.79 Å². The second-order valence-electron chi connectivity index (χ2n) is 3.93. The van der Waals surface area contributed by atoms with E-state index in [9.17, 15) is 4.79 Å². The smallest absolute Gasteiger partial charge is 0.257 e. The molecule has 0 bridgehead atoms. The first-order valence-corrected chi connectivity index (χ1v) is 5.81. The first kappa shape index (κ1) is 12.5. The van der Waals surface area contributed by atoms with Gasteiger partial charge >= 0.3 is 0 Å². The minimum Gasteiger partial charge on any atom is -0.306 e. The van der Waals surface area contributed by atoms with Gasteiger partial charge in [-0.05, 0) is 31.0 Å². The quantitative estimate of drug-likeness (QED) is 0.846. The second-order valence-corrected chi connectivity index (χ2v) is 4.31.